The van der Waals surface area contributed by atoms with Crippen LogP contribution < -0.4 is 5.32 Å². The molecule has 0 amide bonds. The maximum Gasteiger partial charge on any atom is 0.105 e. The first-order chi connectivity index (χ1) is 8.77. The van der Waals surface area contributed by atoms with E-state index in [-0.39, 0.29) is 0 Å². The Morgan fingerprint density at radius 1 is 1.32 bits per heavy atom. The molecule has 0 aromatic rings. The van der Waals surface area contributed by atoms with Crippen molar-refractivity contribution < 1.29 is 0 Å². The molecule has 0 saturated carbocycles. The molecule has 1 rings (SSSR count). The van der Waals surface area contributed by atoms with E-state index in [2.05, 4.69) is 50.9 Å². The van der Waals surface area contributed by atoms with Crippen LogP contribution in [0.15, 0.2) is 0 Å². The van der Waals surface area contributed by atoms with Gasteiger partial charge in [-0.15, -0.1) is 0 Å². The summed E-state index contributed by atoms with van der Waals surface area (Å²) >= 11 is 0. The molecule has 1 aliphatic heterocycles. The van der Waals surface area contributed by atoms with Crippen LogP contribution in [-0.2, 0) is 0 Å². The lowest BCUT2D eigenvalue weighted by Crippen LogP contribution is -2.51. The Morgan fingerprint density at radius 3 is 2.42 bits per heavy atom. The fourth-order valence-corrected chi connectivity index (χ4v) is 3.19. The van der Waals surface area contributed by atoms with Gasteiger partial charge in [0.05, 0.1) is 6.07 Å². The van der Waals surface area contributed by atoms with E-state index in [1.807, 2.05) is 6.92 Å². The number of hydrogen-bond donors (Lipinski definition) is 1. The Bertz CT molecular complexity index is 320. The maximum absolute atomic E-state index is 9.44. The van der Waals surface area contributed by atoms with Crippen molar-refractivity contribution in [3.8, 4) is 6.07 Å². The highest BCUT2D eigenvalue weighted by molar-refractivity contribution is 5.06. The molecule has 0 spiro atoms. The van der Waals surface area contributed by atoms with Gasteiger partial charge in [0.25, 0.3) is 0 Å². The number of nitrogens with zero attached hydrogens (tertiary/aromatic N) is 2. The second-order valence-corrected chi connectivity index (χ2v) is 7.03. The van der Waals surface area contributed by atoms with Crippen LogP contribution in [0.4, 0.5) is 0 Å². The molecule has 4 atom stereocenters. The summed E-state index contributed by atoms with van der Waals surface area (Å²) in [5.74, 6) is 1.60. The molecule has 1 aliphatic rings. The van der Waals surface area contributed by atoms with Crippen molar-refractivity contribution in [1.29, 1.82) is 5.26 Å². The summed E-state index contributed by atoms with van der Waals surface area (Å²) in [5.41, 5.74) is -0.417. The van der Waals surface area contributed by atoms with Crippen LogP contribution in [0.1, 0.15) is 54.4 Å². The summed E-state index contributed by atoms with van der Waals surface area (Å²) in [5, 5.41) is 12.9. The van der Waals surface area contributed by atoms with Gasteiger partial charge >= 0.3 is 0 Å². The highest BCUT2D eigenvalue weighted by Crippen LogP contribution is 2.26. The van der Waals surface area contributed by atoms with E-state index >= 15 is 0 Å². The maximum atomic E-state index is 9.44. The zero-order valence-corrected chi connectivity index (χ0v) is 13.5. The molecule has 0 bridgehead atoms. The summed E-state index contributed by atoms with van der Waals surface area (Å²) < 4.78 is 0. The topological polar surface area (TPSA) is 39.1 Å². The lowest BCUT2D eigenvalue weighted by atomic mass is 9.86. The smallest absolute Gasteiger partial charge is 0.105 e. The number of hydrogen-bond acceptors (Lipinski definition) is 3. The first-order valence-corrected chi connectivity index (χ1v) is 7.70. The van der Waals surface area contributed by atoms with E-state index in [4.69, 9.17) is 0 Å². The van der Waals surface area contributed by atoms with Crippen molar-refractivity contribution in [2.24, 2.45) is 11.8 Å². The SMILES string of the molecule is CC(C)NC(C)(C#N)CC(C)N1CCC(C)C(C)C1. The van der Waals surface area contributed by atoms with Crippen LogP contribution in [0.5, 0.6) is 0 Å². The minimum Gasteiger partial charge on any atom is -0.300 e. The first-order valence-electron chi connectivity index (χ1n) is 7.70. The van der Waals surface area contributed by atoms with Crippen molar-refractivity contribution >= 4 is 0 Å². The van der Waals surface area contributed by atoms with E-state index in [0.29, 0.717) is 12.1 Å². The minimum absolute atomic E-state index is 0.345. The molecule has 0 radical (unpaired) electrons. The van der Waals surface area contributed by atoms with Gasteiger partial charge in [-0.2, -0.15) is 5.26 Å². The van der Waals surface area contributed by atoms with E-state index in [9.17, 15) is 5.26 Å². The number of rotatable bonds is 5. The lowest BCUT2D eigenvalue weighted by Gasteiger charge is -2.41. The molecule has 0 aromatic heterocycles. The van der Waals surface area contributed by atoms with E-state index in [1.165, 1.54) is 19.5 Å². The molecule has 0 aliphatic carbocycles. The van der Waals surface area contributed by atoms with Gasteiger partial charge in [-0.1, -0.05) is 13.8 Å². The second-order valence-electron chi connectivity index (χ2n) is 7.03. The first kappa shape index (κ1) is 16.5. The Hall–Kier alpha value is -0.590. The normalized spacial score (nSPS) is 29.8. The number of nitriles is 1. The molecular formula is C16H31N3. The van der Waals surface area contributed by atoms with Crippen LogP contribution in [0.25, 0.3) is 0 Å². The molecule has 19 heavy (non-hydrogen) atoms. The zero-order chi connectivity index (χ0) is 14.6. The highest BCUT2D eigenvalue weighted by atomic mass is 15.2. The molecule has 3 nitrogen and oxygen atoms in total. The Morgan fingerprint density at radius 2 is 1.95 bits per heavy atom. The van der Waals surface area contributed by atoms with Gasteiger partial charge in [0.1, 0.15) is 5.54 Å². The summed E-state index contributed by atoms with van der Waals surface area (Å²) in [6, 6.07) is 3.27. The number of nitrogens with one attached hydrogen (secondary N) is 1. The lowest BCUT2D eigenvalue weighted by molar-refractivity contribution is 0.0886. The molecule has 1 heterocycles. The molecule has 110 valence electrons. The van der Waals surface area contributed by atoms with E-state index in [0.717, 1.165) is 18.3 Å². The molecule has 4 unspecified atom stereocenters. The van der Waals surface area contributed by atoms with E-state index < -0.39 is 5.54 Å². The summed E-state index contributed by atoms with van der Waals surface area (Å²) in [6.07, 6.45) is 2.18. The van der Waals surface area contributed by atoms with Gasteiger partial charge in [-0.25, -0.2) is 0 Å². The van der Waals surface area contributed by atoms with Crippen molar-refractivity contribution in [2.75, 3.05) is 13.1 Å². The van der Waals surface area contributed by atoms with Crippen molar-refractivity contribution in [3.63, 3.8) is 0 Å². The molecule has 1 N–H and O–H groups in total. The summed E-state index contributed by atoms with van der Waals surface area (Å²) in [6.45, 7) is 15.5. The third-order valence-corrected chi connectivity index (χ3v) is 4.55. The molecule has 3 heteroatoms. The molecular weight excluding hydrogens is 234 g/mol. The summed E-state index contributed by atoms with van der Waals surface area (Å²) in [7, 11) is 0. The minimum atomic E-state index is -0.417. The monoisotopic (exact) mass is 265 g/mol. The standard InChI is InChI=1S/C16H31N3/c1-12(2)18-16(6,11-17)9-15(5)19-8-7-13(3)14(4)10-19/h12-15,18H,7-10H2,1-6H3. The van der Waals surface area contributed by atoms with Gasteiger partial charge in [-0.05, 0) is 58.9 Å². The highest BCUT2D eigenvalue weighted by Gasteiger charge is 2.32. The fraction of sp³-hybridized carbons (Fsp3) is 0.938. The second kappa shape index (κ2) is 6.72. The van der Waals surface area contributed by atoms with Crippen LogP contribution >= 0.6 is 0 Å². The Balaban J connectivity index is 2.58. The fourth-order valence-electron chi connectivity index (χ4n) is 3.19. The van der Waals surface area contributed by atoms with Gasteiger partial charge in [0.15, 0.2) is 0 Å². The van der Waals surface area contributed by atoms with Crippen LogP contribution in [-0.4, -0.2) is 35.6 Å². The van der Waals surface area contributed by atoms with E-state index in [1.54, 1.807) is 0 Å². The summed E-state index contributed by atoms with van der Waals surface area (Å²) in [4.78, 5) is 2.56. The third kappa shape index (κ3) is 4.78. The Labute approximate surface area is 119 Å². The van der Waals surface area contributed by atoms with Crippen LogP contribution in [0.2, 0.25) is 0 Å². The largest absolute Gasteiger partial charge is 0.300 e. The molecule has 1 saturated heterocycles. The van der Waals surface area contributed by atoms with Gasteiger partial charge in [0, 0.05) is 18.6 Å². The van der Waals surface area contributed by atoms with Crippen molar-refractivity contribution in [1.82, 2.24) is 10.2 Å². The number of piperidine rings is 1. The van der Waals surface area contributed by atoms with Gasteiger partial charge in [-0.3, -0.25) is 5.32 Å². The van der Waals surface area contributed by atoms with Crippen molar-refractivity contribution in [2.45, 2.75) is 72.0 Å². The predicted octanol–water partition coefficient (Wildman–Crippen LogP) is 3.02. The quantitative estimate of drug-likeness (QED) is 0.830. The Kier molecular flexibility index (Phi) is 5.82. The van der Waals surface area contributed by atoms with Crippen LogP contribution in [0, 0.1) is 23.2 Å². The predicted molar refractivity (Wildman–Crippen MR) is 80.9 cm³/mol. The van der Waals surface area contributed by atoms with Crippen LogP contribution in [0.3, 0.4) is 0 Å². The average Bonchev–Trinajstić information content (AvgIpc) is 2.31. The average molecular weight is 265 g/mol. The third-order valence-electron chi connectivity index (χ3n) is 4.55. The van der Waals surface area contributed by atoms with Gasteiger partial charge < -0.3 is 4.90 Å². The van der Waals surface area contributed by atoms with Gasteiger partial charge in [0.2, 0.25) is 0 Å². The molecule has 1 fully saturated rings. The van der Waals surface area contributed by atoms with Crippen molar-refractivity contribution in [3.05, 3.63) is 0 Å². The molecule has 0 aromatic carbocycles. The number of likely N-dealkylation sites (tertiary alicyclic amines) is 1. The zero-order valence-electron chi connectivity index (χ0n) is 13.5.